The summed E-state index contributed by atoms with van der Waals surface area (Å²) in [6, 6.07) is 17.4. The highest BCUT2D eigenvalue weighted by Crippen LogP contribution is 2.24. The third kappa shape index (κ3) is 4.02. The van der Waals surface area contributed by atoms with Crippen LogP contribution in [-0.4, -0.2) is 57.8 Å². The summed E-state index contributed by atoms with van der Waals surface area (Å²) in [6.45, 7) is 3.90. The van der Waals surface area contributed by atoms with Gasteiger partial charge in [-0.3, -0.25) is 18.9 Å². The molecular weight excluding hydrogens is 408 g/mol. The number of carbonyl (C=O) groups is 1. The molecule has 1 aliphatic heterocycles. The van der Waals surface area contributed by atoms with Crippen LogP contribution in [-0.2, 0) is 0 Å². The molecule has 4 aromatic rings. The molecule has 0 N–H and O–H groups in total. The molecule has 156 valence electrons. The SMILES string of the molecule is O=C(c1cc2c(=O)n3ccccc3nc2s1)N1CCN(CC=Cc2ccccc2)CC1. The summed E-state index contributed by atoms with van der Waals surface area (Å²) >= 11 is 1.30. The molecule has 0 atom stereocenters. The maximum Gasteiger partial charge on any atom is 0.266 e. The van der Waals surface area contributed by atoms with Crippen molar-refractivity contribution in [2.45, 2.75) is 0 Å². The molecule has 0 radical (unpaired) electrons. The molecule has 1 saturated heterocycles. The monoisotopic (exact) mass is 430 g/mol. The van der Waals surface area contributed by atoms with Crippen LogP contribution in [0, 0.1) is 0 Å². The fourth-order valence-corrected chi connectivity index (χ4v) is 4.84. The normalized spacial score (nSPS) is 15.3. The van der Waals surface area contributed by atoms with Crippen LogP contribution in [0.2, 0.25) is 0 Å². The molecule has 4 heterocycles. The Kier molecular flexibility index (Phi) is 5.36. The van der Waals surface area contributed by atoms with E-state index in [1.807, 2.05) is 29.2 Å². The first kappa shape index (κ1) is 19.7. The maximum atomic E-state index is 13.0. The number of nitrogens with zero attached hydrogens (tertiary/aromatic N) is 4. The first-order valence-corrected chi connectivity index (χ1v) is 11.1. The van der Waals surface area contributed by atoms with Crippen molar-refractivity contribution in [1.29, 1.82) is 0 Å². The molecule has 1 amide bonds. The van der Waals surface area contributed by atoms with Gasteiger partial charge in [0.05, 0.1) is 10.3 Å². The summed E-state index contributed by atoms with van der Waals surface area (Å²) in [4.78, 5) is 35.7. The molecule has 1 aliphatic rings. The van der Waals surface area contributed by atoms with Gasteiger partial charge >= 0.3 is 0 Å². The van der Waals surface area contributed by atoms with Crippen molar-refractivity contribution in [3.63, 3.8) is 0 Å². The van der Waals surface area contributed by atoms with Crippen LogP contribution in [0.3, 0.4) is 0 Å². The number of hydrogen-bond donors (Lipinski definition) is 0. The van der Waals surface area contributed by atoms with Crippen LogP contribution in [0.25, 0.3) is 21.9 Å². The second-order valence-electron chi connectivity index (χ2n) is 7.58. The largest absolute Gasteiger partial charge is 0.335 e. The van der Waals surface area contributed by atoms with E-state index in [1.54, 1.807) is 24.4 Å². The average Bonchev–Trinajstić information content (AvgIpc) is 3.24. The number of fused-ring (bicyclic) bond motifs is 2. The van der Waals surface area contributed by atoms with Crippen molar-refractivity contribution in [3.05, 3.63) is 87.7 Å². The molecule has 0 saturated carbocycles. The van der Waals surface area contributed by atoms with E-state index in [9.17, 15) is 9.59 Å². The summed E-state index contributed by atoms with van der Waals surface area (Å²) in [5.74, 6) is -0.0177. The first-order chi connectivity index (χ1) is 15.2. The van der Waals surface area contributed by atoms with Gasteiger partial charge in [-0.1, -0.05) is 48.6 Å². The fraction of sp³-hybridized carbons (Fsp3) is 0.208. The number of aromatic nitrogens is 2. The summed E-state index contributed by atoms with van der Waals surface area (Å²) in [6.07, 6.45) is 6.00. The molecule has 5 rings (SSSR count). The molecule has 0 bridgehead atoms. The average molecular weight is 431 g/mol. The Morgan fingerprint density at radius 3 is 2.61 bits per heavy atom. The lowest BCUT2D eigenvalue weighted by Gasteiger charge is -2.33. The number of thiophene rings is 1. The van der Waals surface area contributed by atoms with Gasteiger partial charge in [-0.15, -0.1) is 11.3 Å². The molecule has 0 aliphatic carbocycles. The maximum absolute atomic E-state index is 13.0. The van der Waals surface area contributed by atoms with Crippen molar-refractivity contribution in [2.24, 2.45) is 0 Å². The Morgan fingerprint density at radius 1 is 1.03 bits per heavy atom. The van der Waals surface area contributed by atoms with E-state index in [1.165, 1.54) is 21.3 Å². The smallest absolute Gasteiger partial charge is 0.266 e. The molecule has 31 heavy (non-hydrogen) atoms. The van der Waals surface area contributed by atoms with E-state index in [2.05, 4.69) is 34.2 Å². The summed E-state index contributed by atoms with van der Waals surface area (Å²) in [5.41, 5.74) is 1.65. The van der Waals surface area contributed by atoms with Gasteiger partial charge < -0.3 is 4.90 Å². The standard InChI is InChI=1S/C24H22N4O2S/c29-23-19-17-20(31-22(19)25-21-10-4-5-12-28(21)23)24(30)27-15-13-26(14-16-27)11-6-9-18-7-2-1-3-8-18/h1-10,12,17H,11,13-16H2. The van der Waals surface area contributed by atoms with Gasteiger partial charge in [-0.25, -0.2) is 4.98 Å². The minimum Gasteiger partial charge on any atom is -0.335 e. The van der Waals surface area contributed by atoms with Crippen LogP contribution in [0.5, 0.6) is 0 Å². The number of rotatable bonds is 4. The Balaban J connectivity index is 1.25. The minimum atomic E-state index is -0.133. The zero-order valence-corrected chi connectivity index (χ0v) is 17.8. The molecule has 7 heteroatoms. The fourth-order valence-electron chi connectivity index (χ4n) is 3.85. The third-order valence-electron chi connectivity index (χ3n) is 5.56. The predicted molar refractivity (Wildman–Crippen MR) is 125 cm³/mol. The highest BCUT2D eigenvalue weighted by Gasteiger charge is 2.24. The molecule has 1 fully saturated rings. The van der Waals surface area contributed by atoms with Crippen LogP contribution < -0.4 is 5.56 Å². The van der Waals surface area contributed by atoms with Crippen molar-refractivity contribution in [2.75, 3.05) is 32.7 Å². The Bertz CT molecular complexity index is 1320. The molecule has 6 nitrogen and oxygen atoms in total. The highest BCUT2D eigenvalue weighted by atomic mass is 32.1. The van der Waals surface area contributed by atoms with E-state index in [0.717, 1.165) is 19.6 Å². The topological polar surface area (TPSA) is 57.9 Å². The number of carbonyl (C=O) groups excluding carboxylic acids is 1. The minimum absolute atomic E-state index is 0.0177. The molecule has 0 unspecified atom stereocenters. The number of hydrogen-bond acceptors (Lipinski definition) is 5. The van der Waals surface area contributed by atoms with Gasteiger partial charge in [0, 0.05) is 38.9 Å². The van der Waals surface area contributed by atoms with Crippen LogP contribution in [0.1, 0.15) is 15.2 Å². The van der Waals surface area contributed by atoms with Crippen molar-refractivity contribution in [3.8, 4) is 0 Å². The highest BCUT2D eigenvalue weighted by molar-refractivity contribution is 7.20. The summed E-state index contributed by atoms with van der Waals surface area (Å²) in [5, 5.41) is 0.502. The number of pyridine rings is 1. The van der Waals surface area contributed by atoms with Gasteiger partial charge in [0.2, 0.25) is 0 Å². The third-order valence-corrected chi connectivity index (χ3v) is 6.58. The zero-order chi connectivity index (χ0) is 21.2. The van der Waals surface area contributed by atoms with Crippen molar-refractivity contribution < 1.29 is 4.79 Å². The van der Waals surface area contributed by atoms with E-state index >= 15 is 0 Å². The van der Waals surface area contributed by atoms with Gasteiger partial charge in [0.25, 0.3) is 11.5 Å². The molecule has 0 spiro atoms. The van der Waals surface area contributed by atoms with E-state index in [0.29, 0.717) is 33.8 Å². The second-order valence-corrected chi connectivity index (χ2v) is 8.61. The first-order valence-electron chi connectivity index (χ1n) is 10.3. The van der Waals surface area contributed by atoms with E-state index in [4.69, 9.17) is 0 Å². The van der Waals surface area contributed by atoms with Gasteiger partial charge in [-0.05, 0) is 23.8 Å². The Labute approximate surface area is 183 Å². The van der Waals surface area contributed by atoms with Gasteiger partial charge in [0.15, 0.2) is 0 Å². The summed E-state index contributed by atoms with van der Waals surface area (Å²) in [7, 11) is 0. The Morgan fingerprint density at radius 2 is 1.81 bits per heavy atom. The summed E-state index contributed by atoms with van der Waals surface area (Å²) < 4.78 is 1.52. The lowest BCUT2D eigenvalue weighted by Crippen LogP contribution is -2.48. The van der Waals surface area contributed by atoms with Crippen LogP contribution >= 0.6 is 11.3 Å². The number of piperazine rings is 1. The van der Waals surface area contributed by atoms with Gasteiger partial charge in [0.1, 0.15) is 10.5 Å². The second kappa shape index (κ2) is 8.45. The zero-order valence-electron chi connectivity index (χ0n) is 17.0. The molecule has 3 aromatic heterocycles. The lowest BCUT2D eigenvalue weighted by molar-refractivity contribution is 0.0655. The quantitative estimate of drug-likeness (QED) is 0.498. The van der Waals surface area contributed by atoms with E-state index in [-0.39, 0.29) is 11.5 Å². The van der Waals surface area contributed by atoms with Crippen LogP contribution in [0.4, 0.5) is 0 Å². The van der Waals surface area contributed by atoms with Crippen LogP contribution in [0.15, 0.2) is 71.7 Å². The predicted octanol–water partition coefficient (Wildman–Crippen LogP) is 3.38. The number of benzene rings is 1. The molecule has 1 aromatic carbocycles. The van der Waals surface area contributed by atoms with Crippen molar-refractivity contribution >= 4 is 39.2 Å². The lowest BCUT2D eigenvalue weighted by atomic mass is 10.2. The Hall–Kier alpha value is -3.29. The van der Waals surface area contributed by atoms with Crippen molar-refractivity contribution in [1.82, 2.24) is 19.2 Å². The number of amides is 1. The van der Waals surface area contributed by atoms with Gasteiger partial charge in [-0.2, -0.15) is 0 Å². The molecular formula is C24H22N4O2S. The van der Waals surface area contributed by atoms with E-state index < -0.39 is 0 Å².